The van der Waals surface area contributed by atoms with E-state index in [2.05, 4.69) is 27.3 Å². The summed E-state index contributed by atoms with van der Waals surface area (Å²) in [5, 5.41) is 15.2. The summed E-state index contributed by atoms with van der Waals surface area (Å²) >= 11 is 3.45. The fraction of sp³-hybridized carbons (Fsp3) is 0.231. The molecule has 84 valence electrons. The molecule has 0 aromatic heterocycles. The number of phenols is 1. The Morgan fingerprint density at radius 1 is 1.19 bits per heavy atom. The van der Waals surface area contributed by atoms with Gasteiger partial charge in [0, 0.05) is 4.47 Å². The predicted molar refractivity (Wildman–Crippen MR) is 70.9 cm³/mol. The molecule has 2 N–H and O–H groups in total. The summed E-state index contributed by atoms with van der Waals surface area (Å²) in [4.78, 5) is 0. The average molecular weight is 280 g/mol. The van der Waals surface area contributed by atoms with Crippen molar-refractivity contribution >= 4 is 26.7 Å². The summed E-state index contributed by atoms with van der Waals surface area (Å²) in [5.41, 5.74) is 0.986. The monoisotopic (exact) mass is 279 g/mol. The minimum absolute atomic E-state index is 0.380. The Bertz CT molecular complexity index is 511. The molecule has 0 radical (unpaired) electrons. The zero-order valence-corrected chi connectivity index (χ0v) is 10.7. The highest BCUT2D eigenvalue weighted by Gasteiger charge is 2.03. The molecule has 0 heterocycles. The van der Waals surface area contributed by atoms with Crippen LogP contribution in [0.4, 0.5) is 0 Å². The minimum Gasteiger partial charge on any atom is -0.508 e. The zero-order valence-electron chi connectivity index (χ0n) is 9.13. The molecule has 2 aromatic carbocycles. The molecule has 2 rings (SSSR count). The lowest BCUT2D eigenvalue weighted by Crippen LogP contribution is -2.10. The number of likely N-dealkylation sites (N-methyl/N-ethyl adjacent to an activating group) is 1. The van der Waals surface area contributed by atoms with Crippen LogP contribution in [-0.4, -0.2) is 18.7 Å². The fourth-order valence-corrected chi connectivity index (χ4v) is 2.14. The van der Waals surface area contributed by atoms with Crippen molar-refractivity contribution in [3.63, 3.8) is 0 Å². The fourth-order valence-electron chi connectivity index (χ4n) is 1.76. The molecule has 0 amide bonds. The lowest BCUT2D eigenvalue weighted by molar-refractivity contribution is 0.468. The van der Waals surface area contributed by atoms with Crippen LogP contribution in [0.2, 0.25) is 0 Å². The minimum atomic E-state index is 0.380. The van der Waals surface area contributed by atoms with Crippen molar-refractivity contribution in [3.05, 3.63) is 40.4 Å². The van der Waals surface area contributed by atoms with Crippen LogP contribution >= 0.6 is 15.9 Å². The Hall–Kier alpha value is -1.06. The molecule has 3 heteroatoms. The van der Waals surface area contributed by atoms with Crippen molar-refractivity contribution in [2.24, 2.45) is 0 Å². The van der Waals surface area contributed by atoms with E-state index in [1.807, 2.05) is 31.3 Å². The van der Waals surface area contributed by atoms with Crippen molar-refractivity contribution in [2.45, 2.75) is 6.42 Å². The maximum atomic E-state index is 9.86. The molecule has 0 saturated carbocycles. The zero-order chi connectivity index (χ0) is 11.5. The summed E-state index contributed by atoms with van der Waals surface area (Å²) in [6.07, 6.45) is 0.838. The Labute approximate surface area is 103 Å². The van der Waals surface area contributed by atoms with Crippen LogP contribution < -0.4 is 5.32 Å². The largest absolute Gasteiger partial charge is 0.508 e. The van der Waals surface area contributed by atoms with Gasteiger partial charge in [-0.15, -0.1) is 0 Å². The van der Waals surface area contributed by atoms with Crippen LogP contribution in [0.15, 0.2) is 34.8 Å². The number of phenolic OH excluding ortho intramolecular Hbond substituents is 1. The molecule has 0 saturated heterocycles. The van der Waals surface area contributed by atoms with Gasteiger partial charge in [0.1, 0.15) is 5.75 Å². The second kappa shape index (κ2) is 4.85. The van der Waals surface area contributed by atoms with Gasteiger partial charge in [0.25, 0.3) is 0 Å². The van der Waals surface area contributed by atoms with Crippen LogP contribution in [0, 0.1) is 0 Å². The Kier molecular flexibility index (Phi) is 3.46. The van der Waals surface area contributed by atoms with Gasteiger partial charge in [-0.25, -0.2) is 0 Å². The molecule has 2 nitrogen and oxygen atoms in total. The van der Waals surface area contributed by atoms with Gasteiger partial charge in [-0.2, -0.15) is 0 Å². The number of aromatic hydroxyl groups is 1. The molecular formula is C13H14BrNO. The van der Waals surface area contributed by atoms with Crippen LogP contribution in [0.5, 0.6) is 5.75 Å². The molecule has 0 aliphatic heterocycles. The standard InChI is InChI=1S/C13H14BrNO/c1-15-5-4-10-6-11-7-12(14)3-2-9(11)8-13(10)16/h2-3,6-8,15-16H,4-5H2,1H3. The first-order chi connectivity index (χ1) is 7.70. The van der Waals surface area contributed by atoms with Crippen LogP contribution in [-0.2, 0) is 6.42 Å². The molecule has 0 aliphatic rings. The number of halogens is 1. The number of rotatable bonds is 3. The highest BCUT2D eigenvalue weighted by atomic mass is 79.9. The maximum Gasteiger partial charge on any atom is 0.119 e. The second-order valence-corrected chi connectivity index (χ2v) is 4.74. The first-order valence-corrected chi connectivity index (χ1v) is 6.06. The molecule has 0 bridgehead atoms. The molecule has 0 atom stereocenters. The summed E-state index contributed by atoms with van der Waals surface area (Å²) in [6.45, 7) is 0.868. The van der Waals surface area contributed by atoms with Gasteiger partial charge in [-0.05, 0) is 60.6 Å². The van der Waals surface area contributed by atoms with Crippen LogP contribution in [0.25, 0.3) is 10.8 Å². The van der Waals surface area contributed by atoms with Crippen LogP contribution in [0.1, 0.15) is 5.56 Å². The van der Waals surface area contributed by atoms with E-state index in [9.17, 15) is 5.11 Å². The molecule has 0 unspecified atom stereocenters. The Morgan fingerprint density at radius 3 is 2.75 bits per heavy atom. The maximum absolute atomic E-state index is 9.86. The van der Waals surface area contributed by atoms with E-state index < -0.39 is 0 Å². The van der Waals surface area contributed by atoms with Crippen molar-refractivity contribution in [3.8, 4) is 5.75 Å². The van der Waals surface area contributed by atoms with Crippen LogP contribution in [0.3, 0.4) is 0 Å². The van der Waals surface area contributed by atoms with E-state index in [4.69, 9.17) is 0 Å². The lowest BCUT2D eigenvalue weighted by Gasteiger charge is -2.07. The van der Waals surface area contributed by atoms with Gasteiger partial charge in [-0.1, -0.05) is 22.0 Å². The second-order valence-electron chi connectivity index (χ2n) is 3.83. The normalized spacial score (nSPS) is 10.9. The van der Waals surface area contributed by atoms with Gasteiger partial charge in [-0.3, -0.25) is 0 Å². The Balaban J connectivity index is 2.46. The highest BCUT2D eigenvalue weighted by Crippen LogP contribution is 2.27. The Morgan fingerprint density at radius 2 is 2.00 bits per heavy atom. The third-order valence-electron chi connectivity index (χ3n) is 2.64. The van der Waals surface area contributed by atoms with Crippen molar-refractivity contribution in [2.75, 3.05) is 13.6 Å². The third kappa shape index (κ3) is 2.36. The molecule has 0 spiro atoms. The summed E-state index contributed by atoms with van der Waals surface area (Å²) in [6, 6.07) is 9.92. The molecule has 2 aromatic rings. The van der Waals surface area contributed by atoms with E-state index in [0.29, 0.717) is 5.75 Å². The number of hydrogen-bond acceptors (Lipinski definition) is 2. The number of benzene rings is 2. The summed E-state index contributed by atoms with van der Waals surface area (Å²) in [5.74, 6) is 0.380. The van der Waals surface area contributed by atoms with Gasteiger partial charge in [0.2, 0.25) is 0 Å². The van der Waals surface area contributed by atoms with Gasteiger partial charge >= 0.3 is 0 Å². The predicted octanol–water partition coefficient (Wildman–Crippen LogP) is 3.07. The van der Waals surface area contributed by atoms with E-state index in [1.54, 1.807) is 0 Å². The first-order valence-electron chi connectivity index (χ1n) is 5.26. The summed E-state index contributed by atoms with van der Waals surface area (Å²) < 4.78 is 1.06. The van der Waals surface area contributed by atoms with E-state index in [0.717, 1.165) is 33.8 Å². The molecular weight excluding hydrogens is 266 g/mol. The van der Waals surface area contributed by atoms with E-state index >= 15 is 0 Å². The highest BCUT2D eigenvalue weighted by molar-refractivity contribution is 9.10. The molecule has 0 aliphatic carbocycles. The summed E-state index contributed by atoms with van der Waals surface area (Å²) in [7, 11) is 1.91. The smallest absolute Gasteiger partial charge is 0.119 e. The van der Waals surface area contributed by atoms with E-state index in [1.165, 1.54) is 0 Å². The van der Waals surface area contributed by atoms with Gasteiger partial charge in [0.15, 0.2) is 0 Å². The van der Waals surface area contributed by atoms with Gasteiger partial charge < -0.3 is 10.4 Å². The van der Waals surface area contributed by atoms with Gasteiger partial charge in [0.05, 0.1) is 0 Å². The lowest BCUT2D eigenvalue weighted by atomic mass is 10.0. The van der Waals surface area contributed by atoms with E-state index in [-0.39, 0.29) is 0 Å². The van der Waals surface area contributed by atoms with Crippen molar-refractivity contribution in [1.29, 1.82) is 0 Å². The average Bonchev–Trinajstić information content (AvgIpc) is 2.27. The topological polar surface area (TPSA) is 32.3 Å². The number of hydrogen-bond donors (Lipinski definition) is 2. The number of fused-ring (bicyclic) bond motifs is 1. The SMILES string of the molecule is CNCCc1cc2cc(Br)ccc2cc1O. The molecule has 16 heavy (non-hydrogen) atoms. The number of nitrogens with one attached hydrogen (secondary N) is 1. The van der Waals surface area contributed by atoms with Crippen molar-refractivity contribution in [1.82, 2.24) is 5.32 Å². The quantitative estimate of drug-likeness (QED) is 0.905. The third-order valence-corrected chi connectivity index (χ3v) is 3.14. The van der Waals surface area contributed by atoms with Crippen molar-refractivity contribution < 1.29 is 5.11 Å². The molecule has 0 fully saturated rings. The first kappa shape index (κ1) is 11.4.